The minimum atomic E-state index is 0.478. The van der Waals surface area contributed by atoms with E-state index in [1.807, 2.05) is 11.5 Å². The zero-order chi connectivity index (χ0) is 8.97. The van der Waals surface area contributed by atoms with Crippen LogP contribution in [0, 0.1) is 22.0 Å². The smallest absolute Gasteiger partial charge is 0.138 e. The van der Waals surface area contributed by atoms with Crippen LogP contribution in [-0.4, -0.2) is 0 Å². The third kappa shape index (κ3) is 1.92. The summed E-state index contributed by atoms with van der Waals surface area (Å²) in [7, 11) is 0. The number of nitrogens with zero attached hydrogens (tertiary/aromatic N) is 2. The lowest BCUT2D eigenvalue weighted by Crippen LogP contribution is -1.78. The van der Waals surface area contributed by atoms with Crippen LogP contribution in [0.4, 0.5) is 0 Å². The van der Waals surface area contributed by atoms with Gasteiger partial charge in [-0.1, -0.05) is 11.6 Å². The van der Waals surface area contributed by atoms with Crippen LogP contribution in [-0.2, 0) is 0 Å². The van der Waals surface area contributed by atoms with Crippen LogP contribution in [0.1, 0.15) is 5.56 Å². The van der Waals surface area contributed by atoms with Gasteiger partial charge in [0.1, 0.15) is 11.5 Å². The maximum atomic E-state index is 8.62. The van der Waals surface area contributed by atoms with E-state index < -0.39 is 0 Å². The first kappa shape index (κ1) is 8.93. The molecule has 4 heteroatoms. The van der Waals surface area contributed by atoms with Gasteiger partial charge in [-0.25, -0.2) is 0 Å². The van der Waals surface area contributed by atoms with Gasteiger partial charge in [-0.2, -0.15) is 10.5 Å². The van der Waals surface area contributed by atoms with Crippen LogP contribution in [0.25, 0.3) is 0 Å². The molecule has 0 heterocycles. The van der Waals surface area contributed by atoms with Crippen molar-refractivity contribution in [1.29, 1.82) is 10.5 Å². The van der Waals surface area contributed by atoms with E-state index in [1.54, 1.807) is 18.2 Å². The summed E-state index contributed by atoms with van der Waals surface area (Å²) in [6.45, 7) is 0. The van der Waals surface area contributed by atoms with Gasteiger partial charge in [0.15, 0.2) is 0 Å². The number of halogens is 1. The van der Waals surface area contributed by atoms with Crippen molar-refractivity contribution in [3.05, 3.63) is 28.8 Å². The van der Waals surface area contributed by atoms with E-state index >= 15 is 0 Å². The van der Waals surface area contributed by atoms with E-state index in [4.69, 9.17) is 22.1 Å². The van der Waals surface area contributed by atoms with E-state index in [0.717, 1.165) is 11.8 Å². The Kier molecular flexibility index (Phi) is 2.99. The Morgan fingerprint density at radius 1 is 1.33 bits per heavy atom. The van der Waals surface area contributed by atoms with Crippen molar-refractivity contribution in [3.63, 3.8) is 0 Å². The van der Waals surface area contributed by atoms with Crippen molar-refractivity contribution < 1.29 is 0 Å². The van der Waals surface area contributed by atoms with Crippen LogP contribution in [0.15, 0.2) is 23.1 Å². The molecule has 0 spiro atoms. The second-order valence-corrected chi connectivity index (χ2v) is 3.21. The van der Waals surface area contributed by atoms with Crippen molar-refractivity contribution in [2.24, 2.45) is 0 Å². The van der Waals surface area contributed by atoms with Gasteiger partial charge in [-0.05, 0) is 30.0 Å². The largest absolute Gasteiger partial charge is 0.192 e. The van der Waals surface area contributed by atoms with Gasteiger partial charge in [-0.3, -0.25) is 0 Å². The van der Waals surface area contributed by atoms with E-state index in [0.29, 0.717) is 15.5 Å². The van der Waals surface area contributed by atoms with Crippen LogP contribution < -0.4 is 0 Å². The molecule has 1 aromatic carbocycles. The molecule has 1 rings (SSSR count). The maximum absolute atomic E-state index is 8.62. The van der Waals surface area contributed by atoms with Crippen molar-refractivity contribution in [1.82, 2.24) is 0 Å². The molecule has 0 bridgehead atoms. The van der Waals surface area contributed by atoms with Gasteiger partial charge in [0.25, 0.3) is 0 Å². The molecule has 0 saturated heterocycles. The Morgan fingerprint density at radius 2 is 2.08 bits per heavy atom. The molecule has 12 heavy (non-hydrogen) atoms. The van der Waals surface area contributed by atoms with E-state index in [9.17, 15) is 0 Å². The summed E-state index contributed by atoms with van der Waals surface area (Å²) in [6, 6.07) is 6.81. The first-order valence-electron chi connectivity index (χ1n) is 3.03. The third-order valence-corrected chi connectivity index (χ3v) is 2.10. The van der Waals surface area contributed by atoms with Gasteiger partial charge >= 0.3 is 0 Å². The number of benzene rings is 1. The molecule has 2 nitrogen and oxygen atoms in total. The summed E-state index contributed by atoms with van der Waals surface area (Å²) in [5, 5.41) is 19.4. The Bertz CT molecular complexity index is 376. The average Bonchev–Trinajstić information content (AvgIpc) is 2.05. The van der Waals surface area contributed by atoms with Crippen molar-refractivity contribution in [2.45, 2.75) is 4.90 Å². The molecule has 1 aromatic rings. The van der Waals surface area contributed by atoms with E-state index in [-0.39, 0.29) is 0 Å². The van der Waals surface area contributed by atoms with Gasteiger partial charge in [0.05, 0.1) is 5.56 Å². The first-order chi connectivity index (χ1) is 5.77. The summed E-state index contributed by atoms with van der Waals surface area (Å²) in [6.07, 6.45) is 0. The Hall–Kier alpha value is -1.16. The van der Waals surface area contributed by atoms with E-state index in [2.05, 4.69) is 0 Å². The topological polar surface area (TPSA) is 47.6 Å². The molecule has 0 atom stereocenters. The average molecular weight is 195 g/mol. The maximum Gasteiger partial charge on any atom is 0.138 e. The molecule has 0 aliphatic carbocycles. The normalized spacial score (nSPS) is 8.58. The molecule has 0 aliphatic heterocycles. The molecule has 58 valence electrons. The number of thioether (sulfide) groups is 1. The standard InChI is InChI=1S/C8H3ClN2S/c9-7-2-1-6(4-10)8(3-7)12-5-11/h1-3H. The predicted octanol–water partition coefficient (Wildman–Crippen LogP) is 2.78. The van der Waals surface area contributed by atoms with Gasteiger partial charge in [0.2, 0.25) is 0 Å². The van der Waals surface area contributed by atoms with Crippen molar-refractivity contribution >= 4 is 23.4 Å². The molecular formula is C8H3ClN2S. The van der Waals surface area contributed by atoms with Gasteiger partial charge in [-0.15, -0.1) is 0 Å². The highest BCUT2D eigenvalue weighted by molar-refractivity contribution is 8.03. The zero-order valence-corrected chi connectivity index (χ0v) is 7.49. The number of rotatable bonds is 1. The molecule has 0 amide bonds. The monoisotopic (exact) mass is 194 g/mol. The Balaban J connectivity index is 3.16. The van der Waals surface area contributed by atoms with Crippen LogP contribution in [0.5, 0.6) is 0 Å². The highest BCUT2D eigenvalue weighted by Gasteiger charge is 2.02. The number of nitriles is 2. The highest BCUT2D eigenvalue weighted by Crippen LogP contribution is 2.24. The summed E-state index contributed by atoms with van der Waals surface area (Å²) in [5.41, 5.74) is 0.478. The highest BCUT2D eigenvalue weighted by atomic mass is 35.5. The molecule has 0 aromatic heterocycles. The molecule has 0 unspecified atom stereocenters. The van der Waals surface area contributed by atoms with Crippen LogP contribution >= 0.6 is 23.4 Å². The summed E-state index contributed by atoms with van der Waals surface area (Å²) >= 11 is 6.62. The first-order valence-corrected chi connectivity index (χ1v) is 4.23. The lowest BCUT2D eigenvalue weighted by molar-refractivity contribution is 1.37. The fourth-order valence-corrected chi connectivity index (χ4v) is 1.47. The van der Waals surface area contributed by atoms with E-state index in [1.165, 1.54) is 0 Å². The zero-order valence-electron chi connectivity index (χ0n) is 5.91. The van der Waals surface area contributed by atoms with Crippen LogP contribution in [0.2, 0.25) is 5.02 Å². The summed E-state index contributed by atoms with van der Waals surface area (Å²) in [4.78, 5) is 0.604. The fourth-order valence-electron chi connectivity index (χ4n) is 0.722. The fraction of sp³-hybridized carbons (Fsp3) is 0. The molecule has 0 aliphatic rings. The molecule has 0 N–H and O–H groups in total. The Morgan fingerprint density at radius 3 is 2.67 bits per heavy atom. The number of thiocyanates is 1. The summed E-state index contributed by atoms with van der Waals surface area (Å²) < 4.78 is 0. The second-order valence-electron chi connectivity index (χ2n) is 1.95. The van der Waals surface area contributed by atoms with Gasteiger partial charge < -0.3 is 0 Å². The molecule has 0 fully saturated rings. The lowest BCUT2D eigenvalue weighted by Gasteiger charge is -1.96. The minimum Gasteiger partial charge on any atom is -0.192 e. The summed E-state index contributed by atoms with van der Waals surface area (Å²) in [5.74, 6) is 0. The molecule has 0 radical (unpaired) electrons. The number of hydrogen-bond donors (Lipinski definition) is 0. The van der Waals surface area contributed by atoms with Crippen molar-refractivity contribution in [3.8, 4) is 11.5 Å². The second kappa shape index (κ2) is 4.01. The Labute approximate surface area is 79.4 Å². The molecule has 0 saturated carbocycles. The quantitative estimate of drug-likeness (QED) is 0.510. The van der Waals surface area contributed by atoms with Crippen molar-refractivity contribution in [2.75, 3.05) is 0 Å². The number of hydrogen-bond acceptors (Lipinski definition) is 3. The third-order valence-electron chi connectivity index (χ3n) is 1.22. The van der Waals surface area contributed by atoms with Gasteiger partial charge in [0, 0.05) is 9.92 Å². The lowest BCUT2D eigenvalue weighted by atomic mass is 10.2. The van der Waals surface area contributed by atoms with Crippen LogP contribution in [0.3, 0.4) is 0 Å². The SMILES string of the molecule is N#CSc1cc(Cl)ccc1C#N. The predicted molar refractivity (Wildman–Crippen MR) is 47.6 cm³/mol. The molecular weight excluding hydrogens is 192 g/mol. The minimum absolute atomic E-state index is 0.478.